The van der Waals surface area contributed by atoms with Crippen molar-refractivity contribution in [1.29, 1.82) is 0 Å². The molecular weight excluding hydrogens is 242 g/mol. The lowest BCUT2D eigenvalue weighted by atomic mass is 10.1. The number of hydrogen-bond acceptors (Lipinski definition) is 4. The van der Waals surface area contributed by atoms with E-state index in [0.29, 0.717) is 6.61 Å². The van der Waals surface area contributed by atoms with Crippen LogP contribution in [0.2, 0.25) is 0 Å². The second-order valence-corrected chi connectivity index (χ2v) is 4.60. The highest BCUT2D eigenvalue weighted by Crippen LogP contribution is 2.18. The molecule has 0 radical (unpaired) electrons. The molecule has 106 valence electrons. The van der Waals surface area contributed by atoms with Gasteiger partial charge in [-0.2, -0.15) is 0 Å². The molecule has 0 heterocycles. The Kier molecular flexibility index (Phi) is 6.32. The molecule has 0 aliphatic carbocycles. The van der Waals surface area contributed by atoms with Crippen molar-refractivity contribution in [3.63, 3.8) is 0 Å². The molecule has 0 unspecified atom stereocenters. The van der Waals surface area contributed by atoms with Gasteiger partial charge in [0, 0.05) is 32.9 Å². The summed E-state index contributed by atoms with van der Waals surface area (Å²) in [4.78, 5) is 12.7. The number of carbonyl (C=O) groups is 1. The van der Waals surface area contributed by atoms with Crippen LogP contribution < -0.4 is 16.0 Å². The number of likely N-dealkylation sites (N-methyl/N-ethyl adjacent to an activating group) is 1. The summed E-state index contributed by atoms with van der Waals surface area (Å²) in [6.07, 6.45) is 0. The van der Waals surface area contributed by atoms with Crippen LogP contribution in [0.3, 0.4) is 0 Å². The number of amides is 1. The van der Waals surface area contributed by atoms with Gasteiger partial charge in [0.25, 0.3) is 0 Å². The zero-order valence-corrected chi connectivity index (χ0v) is 11.9. The molecular formula is C14H23N3O2. The van der Waals surface area contributed by atoms with E-state index >= 15 is 0 Å². The third-order valence-electron chi connectivity index (χ3n) is 2.96. The quantitative estimate of drug-likeness (QED) is 0.677. The first-order valence-electron chi connectivity index (χ1n) is 6.33. The number of ether oxygens (including phenoxy) is 1. The van der Waals surface area contributed by atoms with Crippen molar-refractivity contribution in [3.05, 3.63) is 29.3 Å². The van der Waals surface area contributed by atoms with E-state index in [4.69, 9.17) is 10.5 Å². The summed E-state index contributed by atoms with van der Waals surface area (Å²) < 4.78 is 4.98. The Morgan fingerprint density at radius 1 is 1.47 bits per heavy atom. The van der Waals surface area contributed by atoms with Crippen LogP contribution in [0, 0.1) is 6.92 Å². The van der Waals surface area contributed by atoms with E-state index in [-0.39, 0.29) is 12.5 Å². The highest BCUT2D eigenvalue weighted by atomic mass is 16.5. The van der Waals surface area contributed by atoms with Gasteiger partial charge in [0.1, 0.15) is 0 Å². The van der Waals surface area contributed by atoms with Gasteiger partial charge in [-0.3, -0.25) is 4.79 Å². The number of anilines is 1. The topological polar surface area (TPSA) is 67.6 Å². The fourth-order valence-electron chi connectivity index (χ4n) is 1.84. The summed E-state index contributed by atoms with van der Waals surface area (Å²) >= 11 is 0. The minimum Gasteiger partial charge on any atom is -0.383 e. The molecule has 0 spiro atoms. The lowest BCUT2D eigenvalue weighted by molar-refractivity contribution is -0.116. The summed E-state index contributed by atoms with van der Waals surface area (Å²) in [7, 11) is 3.55. The zero-order chi connectivity index (χ0) is 14.3. The molecule has 0 bridgehead atoms. The van der Waals surface area contributed by atoms with Gasteiger partial charge in [-0.25, -0.2) is 0 Å². The minimum absolute atomic E-state index is 0.227. The van der Waals surface area contributed by atoms with Crippen LogP contribution in [0.15, 0.2) is 18.2 Å². The maximum atomic E-state index is 10.9. The number of carbonyl (C=O) groups excluding carboxylic acids is 1. The van der Waals surface area contributed by atoms with E-state index in [1.165, 1.54) is 11.1 Å². The van der Waals surface area contributed by atoms with Crippen LogP contribution in [-0.4, -0.2) is 39.8 Å². The largest absolute Gasteiger partial charge is 0.383 e. The molecule has 1 aromatic rings. The smallest absolute Gasteiger partial charge is 0.236 e. The molecule has 5 nitrogen and oxygen atoms in total. The number of aryl methyl sites for hydroxylation is 1. The van der Waals surface area contributed by atoms with E-state index < -0.39 is 0 Å². The normalized spacial score (nSPS) is 10.5. The second-order valence-electron chi connectivity index (χ2n) is 4.60. The Balaban J connectivity index is 2.61. The first-order valence-corrected chi connectivity index (χ1v) is 6.33. The van der Waals surface area contributed by atoms with E-state index in [1.54, 1.807) is 7.11 Å². The van der Waals surface area contributed by atoms with Crippen molar-refractivity contribution < 1.29 is 9.53 Å². The molecule has 0 atom stereocenters. The molecule has 0 saturated carbocycles. The molecule has 5 heteroatoms. The van der Waals surface area contributed by atoms with E-state index in [1.807, 2.05) is 18.0 Å². The number of benzene rings is 1. The Hall–Kier alpha value is -1.59. The van der Waals surface area contributed by atoms with Gasteiger partial charge in [0.2, 0.25) is 5.91 Å². The summed E-state index contributed by atoms with van der Waals surface area (Å²) in [5.74, 6) is -0.328. The molecule has 0 saturated heterocycles. The van der Waals surface area contributed by atoms with Crippen molar-refractivity contribution >= 4 is 11.6 Å². The monoisotopic (exact) mass is 265 g/mol. The third kappa shape index (κ3) is 5.28. The summed E-state index contributed by atoms with van der Waals surface area (Å²) in [6, 6.07) is 6.14. The Bertz CT molecular complexity index is 421. The van der Waals surface area contributed by atoms with E-state index in [0.717, 1.165) is 18.8 Å². The van der Waals surface area contributed by atoms with Crippen LogP contribution in [0.1, 0.15) is 11.1 Å². The number of hydrogen-bond donors (Lipinski definition) is 2. The van der Waals surface area contributed by atoms with Gasteiger partial charge in [-0.15, -0.1) is 0 Å². The van der Waals surface area contributed by atoms with Gasteiger partial charge in [0.05, 0.1) is 13.2 Å². The number of primary amides is 1. The van der Waals surface area contributed by atoms with Crippen LogP contribution in [-0.2, 0) is 16.1 Å². The highest BCUT2D eigenvalue weighted by Gasteiger charge is 2.06. The van der Waals surface area contributed by atoms with Crippen LogP contribution in [0.5, 0.6) is 0 Å². The Labute approximate surface area is 114 Å². The molecule has 0 fully saturated rings. The van der Waals surface area contributed by atoms with E-state index in [9.17, 15) is 4.79 Å². The molecule has 19 heavy (non-hydrogen) atoms. The Morgan fingerprint density at radius 3 is 2.79 bits per heavy atom. The standard InChI is InChI=1S/C14H23N3O2/c1-11-8-13(17(2)10-14(15)18)5-4-12(11)9-16-6-7-19-3/h4-5,8,16H,6-7,9-10H2,1-3H3,(H2,15,18). The first kappa shape index (κ1) is 15.5. The molecule has 1 amide bonds. The average molecular weight is 265 g/mol. The summed E-state index contributed by atoms with van der Waals surface area (Å²) in [5.41, 5.74) is 8.62. The zero-order valence-electron chi connectivity index (χ0n) is 11.9. The van der Waals surface area contributed by atoms with Crippen molar-refractivity contribution in [2.24, 2.45) is 5.73 Å². The number of nitrogens with zero attached hydrogens (tertiary/aromatic N) is 1. The summed E-state index contributed by atoms with van der Waals surface area (Å²) in [5, 5.41) is 3.31. The molecule has 0 aliphatic rings. The lowest BCUT2D eigenvalue weighted by Crippen LogP contribution is -2.30. The predicted octanol–water partition coefficient (Wildman–Crippen LogP) is 0.653. The molecule has 1 aromatic carbocycles. The van der Waals surface area contributed by atoms with Gasteiger partial charge >= 0.3 is 0 Å². The second kappa shape index (κ2) is 7.76. The number of rotatable bonds is 8. The fourth-order valence-corrected chi connectivity index (χ4v) is 1.84. The number of methoxy groups -OCH3 is 1. The molecule has 0 aliphatic heterocycles. The maximum Gasteiger partial charge on any atom is 0.236 e. The number of nitrogens with one attached hydrogen (secondary N) is 1. The van der Waals surface area contributed by atoms with E-state index in [2.05, 4.69) is 24.4 Å². The van der Waals surface area contributed by atoms with Crippen LogP contribution >= 0.6 is 0 Å². The van der Waals surface area contributed by atoms with Gasteiger partial charge in [-0.1, -0.05) is 6.07 Å². The van der Waals surface area contributed by atoms with Crippen molar-refractivity contribution in [2.75, 3.05) is 38.8 Å². The van der Waals surface area contributed by atoms with Crippen LogP contribution in [0.25, 0.3) is 0 Å². The Morgan fingerprint density at radius 2 is 2.21 bits per heavy atom. The SMILES string of the molecule is COCCNCc1ccc(N(C)CC(N)=O)cc1C. The van der Waals surface area contributed by atoms with Gasteiger partial charge in [0.15, 0.2) is 0 Å². The van der Waals surface area contributed by atoms with Crippen LogP contribution in [0.4, 0.5) is 5.69 Å². The molecule has 3 N–H and O–H groups in total. The van der Waals surface area contributed by atoms with Crippen molar-refractivity contribution in [3.8, 4) is 0 Å². The molecule has 1 rings (SSSR count). The lowest BCUT2D eigenvalue weighted by Gasteiger charge is -2.19. The van der Waals surface area contributed by atoms with Gasteiger partial charge < -0.3 is 20.7 Å². The van der Waals surface area contributed by atoms with Crippen molar-refractivity contribution in [2.45, 2.75) is 13.5 Å². The van der Waals surface area contributed by atoms with Crippen molar-refractivity contribution in [1.82, 2.24) is 5.32 Å². The first-order chi connectivity index (χ1) is 9.04. The highest BCUT2D eigenvalue weighted by molar-refractivity contribution is 5.79. The summed E-state index contributed by atoms with van der Waals surface area (Å²) in [6.45, 7) is 4.65. The minimum atomic E-state index is -0.328. The predicted molar refractivity (Wildman–Crippen MR) is 77.2 cm³/mol. The number of nitrogens with two attached hydrogens (primary N) is 1. The average Bonchev–Trinajstić information content (AvgIpc) is 2.35. The molecule has 0 aromatic heterocycles. The fraction of sp³-hybridized carbons (Fsp3) is 0.500. The third-order valence-corrected chi connectivity index (χ3v) is 2.96. The maximum absolute atomic E-state index is 10.9. The van der Waals surface area contributed by atoms with Gasteiger partial charge in [-0.05, 0) is 30.2 Å².